The molecule has 0 spiro atoms. The number of nitrogens with zero attached hydrogens (tertiary/aromatic N) is 5. The number of para-hydroxylation sites is 1. The van der Waals surface area contributed by atoms with E-state index in [1.165, 1.54) is 11.8 Å². The number of aromatic nitrogens is 5. The molecule has 0 atom stereocenters. The van der Waals surface area contributed by atoms with Gasteiger partial charge in [-0.05, 0) is 37.1 Å². The number of anilines is 1. The Morgan fingerprint density at radius 3 is 2.81 bits per heavy atom. The standard InChI is InChI=1S/C22H20N6O3S/c29-20-19-18(15-7-1-2-8-16(15)31-19)23-17(24-20)13-32-22-26-25-21(27-9-3-4-10-27)28(22)12-14-6-5-11-30-14/h1-2,5-8,11H,3-4,9-10,12-13H2,(H,23,24,29). The molecule has 6 rings (SSSR count). The van der Waals surface area contributed by atoms with Crippen molar-refractivity contribution in [2.45, 2.75) is 30.3 Å². The van der Waals surface area contributed by atoms with Gasteiger partial charge in [0.1, 0.15) is 22.7 Å². The molecule has 1 N–H and O–H groups in total. The van der Waals surface area contributed by atoms with Gasteiger partial charge in [-0.3, -0.25) is 9.36 Å². The lowest BCUT2D eigenvalue weighted by molar-refractivity contribution is 0.483. The first-order valence-corrected chi connectivity index (χ1v) is 11.5. The lowest BCUT2D eigenvalue weighted by Gasteiger charge is -2.17. The van der Waals surface area contributed by atoms with E-state index >= 15 is 0 Å². The molecule has 0 unspecified atom stereocenters. The minimum Gasteiger partial charge on any atom is -0.467 e. The predicted octanol–water partition coefficient (Wildman–Crippen LogP) is 3.79. The third-order valence-electron chi connectivity index (χ3n) is 5.60. The van der Waals surface area contributed by atoms with Gasteiger partial charge in [-0.25, -0.2) is 4.98 Å². The normalized spacial score (nSPS) is 14.2. The Morgan fingerprint density at radius 2 is 1.97 bits per heavy atom. The number of rotatable bonds is 6. The van der Waals surface area contributed by atoms with Gasteiger partial charge in [0, 0.05) is 18.5 Å². The molecule has 4 aromatic heterocycles. The molecular weight excluding hydrogens is 428 g/mol. The number of H-pyrrole nitrogens is 1. The number of fused-ring (bicyclic) bond motifs is 3. The average Bonchev–Trinajstić information content (AvgIpc) is 3.60. The smallest absolute Gasteiger partial charge is 0.294 e. The summed E-state index contributed by atoms with van der Waals surface area (Å²) in [4.78, 5) is 22.4. The van der Waals surface area contributed by atoms with Crippen LogP contribution in [0.25, 0.3) is 22.1 Å². The fourth-order valence-corrected chi connectivity index (χ4v) is 4.89. The first kappa shape index (κ1) is 19.2. The Bertz CT molecular complexity index is 1450. The number of aromatic amines is 1. The minimum absolute atomic E-state index is 0.247. The highest BCUT2D eigenvalue weighted by Gasteiger charge is 2.22. The van der Waals surface area contributed by atoms with Crippen LogP contribution in [-0.4, -0.2) is 37.8 Å². The van der Waals surface area contributed by atoms with E-state index in [-0.39, 0.29) is 11.1 Å². The van der Waals surface area contributed by atoms with Gasteiger partial charge in [-0.15, -0.1) is 10.2 Å². The molecule has 9 nitrogen and oxygen atoms in total. The SMILES string of the molecule is O=c1[nH]c(CSc2nnc(N3CCCC3)n2Cc2ccco2)nc2c1oc1ccccc12. The molecule has 0 aliphatic carbocycles. The molecule has 32 heavy (non-hydrogen) atoms. The second-order valence-corrected chi connectivity index (χ2v) is 8.66. The van der Waals surface area contributed by atoms with Crippen molar-refractivity contribution in [2.75, 3.05) is 18.0 Å². The van der Waals surface area contributed by atoms with Crippen molar-refractivity contribution in [1.29, 1.82) is 0 Å². The van der Waals surface area contributed by atoms with Crippen LogP contribution < -0.4 is 10.5 Å². The monoisotopic (exact) mass is 448 g/mol. The van der Waals surface area contributed by atoms with Crippen molar-refractivity contribution in [3.63, 3.8) is 0 Å². The van der Waals surface area contributed by atoms with Crippen molar-refractivity contribution in [2.24, 2.45) is 0 Å². The molecule has 10 heteroatoms. The zero-order chi connectivity index (χ0) is 21.5. The van der Waals surface area contributed by atoms with Crippen molar-refractivity contribution >= 4 is 39.8 Å². The molecule has 0 radical (unpaired) electrons. The van der Waals surface area contributed by atoms with E-state index in [9.17, 15) is 4.79 Å². The Hall–Kier alpha value is -3.53. The molecule has 162 valence electrons. The van der Waals surface area contributed by atoms with Crippen molar-refractivity contribution in [3.8, 4) is 0 Å². The summed E-state index contributed by atoms with van der Waals surface area (Å²) in [6, 6.07) is 11.3. The summed E-state index contributed by atoms with van der Waals surface area (Å²) in [6.07, 6.45) is 3.97. The Labute approximate surface area is 186 Å². The Balaban J connectivity index is 1.32. The molecule has 5 aromatic rings. The Morgan fingerprint density at radius 1 is 1.09 bits per heavy atom. The van der Waals surface area contributed by atoms with Crippen LogP contribution in [0.1, 0.15) is 24.4 Å². The van der Waals surface area contributed by atoms with Crippen LogP contribution in [-0.2, 0) is 12.3 Å². The number of benzene rings is 1. The second kappa shape index (κ2) is 7.86. The number of hydrogen-bond donors (Lipinski definition) is 1. The van der Waals surface area contributed by atoms with Crippen LogP contribution in [0.4, 0.5) is 5.95 Å². The third kappa shape index (κ3) is 3.36. The Kier molecular flexibility index (Phi) is 4.71. The van der Waals surface area contributed by atoms with E-state index in [1.807, 2.05) is 36.4 Å². The molecule has 0 amide bonds. The van der Waals surface area contributed by atoms with E-state index in [0.29, 0.717) is 29.2 Å². The maximum absolute atomic E-state index is 12.6. The first-order valence-electron chi connectivity index (χ1n) is 10.5. The van der Waals surface area contributed by atoms with Gasteiger partial charge in [0.25, 0.3) is 5.56 Å². The van der Waals surface area contributed by atoms with Crippen LogP contribution in [0, 0.1) is 0 Å². The van der Waals surface area contributed by atoms with Crippen LogP contribution in [0.15, 0.2) is 61.4 Å². The van der Waals surface area contributed by atoms with E-state index < -0.39 is 0 Å². The van der Waals surface area contributed by atoms with Crippen molar-refractivity contribution < 1.29 is 8.83 Å². The lowest BCUT2D eigenvalue weighted by atomic mass is 10.2. The molecule has 0 saturated carbocycles. The molecular formula is C22H20N6O3S. The molecule has 1 aromatic carbocycles. The van der Waals surface area contributed by atoms with Gasteiger partial charge >= 0.3 is 0 Å². The quantitative estimate of drug-likeness (QED) is 0.391. The fraction of sp³-hybridized carbons (Fsp3) is 0.273. The molecule has 0 bridgehead atoms. The summed E-state index contributed by atoms with van der Waals surface area (Å²) in [6.45, 7) is 2.49. The van der Waals surface area contributed by atoms with E-state index in [4.69, 9.17) is 8.83 Å². The maximum Gasteiger partial charge on any atom is 0.294 e. The average molecular weight is 449 g/mol. The highest BCUT2D eigenvalue weighted by atomic mass is 32.2. The third-order valence-corrected chi connectivity index (χ3v) is 6.58. The summed E-state index contributed by atoms with van der Waals surface area (Å²) < 4.78 is 13.3. The van der Waals surface area contributed by atoms with Gasteiger partial charge in [0.05, 0.1) is 18.6 Å². The largest absolute Gasteiger partial charge is 0.467 e. The topological polar surface area (TPSA) is 106 Å². The van der Waals surface area contributed by atoms with Crippen LogP contribution >= 0.6 is 11.8 Å². The summed E-state index contributed by atoms with van der Waals surface area (Å²) in [5.41, 5.74) is 1.20. The van der Waals surface area contributed by atoms with Gasteiger partial charge in [0.2, 0.25) is 11.5 Å². The second-order valence-electron chi connectivity index (χ2n) is 7.72. The highest BCUT2D eigenvalue weighted by Crippen LogP contribution is 2.29. The molecule has 1 aliphatic rings. The van der Waals surface area contributed by atoms with E-state index in [1.54, 1.807) is 6.26 Å². The van der Waals surface area contributed by atoms with E-state index in [0.717, 1.165) is 48.2 Å². The highest BCUT2D eigenvalue weighted by molar-refractivity contribution is 7.98. The maximum atomic E-state index is 12.6. The van der Waals surface area contributed by atoms with Crippen molar-refractivity contribution in [3.05, 3.63) is 64.6 Å². The summed E-state index contributed by atoms with van der Waals surface area (Å²) >= 11 is 1.48. The zero-order valence-corrected chi connectivity index (χ0v) is 18.0. The fourth-order valence-electron chi connectivity index (χ4n) is 4.08. The lowest BCUT2D eigenvalue weighted by Crippen LogP contribution is -2.22. The summed E-state index contributed by atoms with van der Waals surface area (Å²) in [7, 11) is 0. The molecule has 1 aliphatic heterocycles. The van der Waals surface area contributed by atoms with Crippen LogP contribution in [0.5, 0.6) is 0 Å². The predicted molar refractivity (Wildman–Crippen MR) is 121 cm³/mol. The van der Waals surface area contributed by atoms with Gasteiger partial charge in [0.15, 0.2) is 5.16 Å². The molecule has 1 fully saturated rings. The molecule has 5 heterocycles. The summed E-state index contributed by atoms with van der Waals surface area (Å²) in [5, 5.41) is 10.5. The summed E-state index contributed by atoms with van der Waals surface area (Å²) in [5.74, 6) is 2.69. The van der Waals surface area contributed by atoms with Gasteiger partial charge in [-0.2, -0.15) is 0 Å². The van der Waals surface area contributed by atoms with Crippen molar-refractivity contribution in [1.82, 2.24) is 24.7 Å². The first-order chi connectivity index (χ1) is 15.8. The van der Waals surface area contributed by atoms with Gasteiger partial charge in [-0.1, -0.05) is 23.9 Å². The van der Waals surface area contributed by atoms with Gasteiger partial charge < -0.3 is 18.7 Å². The minimum atomic E-state index is -0.281. The number of nitrogens with one attached hydrogen (secondary N) is 1. The van der Waals surface area contributed by atoms with Crippen LogP contribution in [0.2, 0.25) is 0 Å². The number of hydrogen-bond acceptors (Lipinski definition) is 8. The number of furan rings is 2. The zero-order valence-electron chi connectivity index (χ0n) is 17.2. The molecule has 1 saturated heterocycles. The van der Waals surface area contributed by atoms with E-state index in [2.05, 4.69) is 29.6 Å². The number of thioether (sulfide) groups is 1. The van der Waals surface area contributed by atoms with Crippen LogP contribution in [0.3, 0.4) is 0 Å².